The number of aromatic nitrogens is 1. The fourth-order valence-electron chi connectivity index (χ4n) is 3.30. The minimum atomic E-state index is -0.918. The van der Waals surface area contributed by atoms with Gasteiger partial charge in [0.1, 0.15) is 5.69 Å². The number of aromatic carboxylic acids is 1. The summed E-state index contributed by atoms with van der Waals surface area (Å²) < 4.78 is 0. The van der Waals surface area contributed by atoms with Gasteiger partial charge in [-0.3, -0.25) is 4.79 Å². The Kier molecular flexibility index (Phi) is 4.69. The van der Waals surface area contributed by atoms with E-state index in [1.165, 1.54) is 0 Å². The molecule has 1 saturated heterocycles. The normalized spacial score (nSPS) is 17.7. The average molecular weight is 326 g/mol. The minimum absolute atomic E-state index is 0.0220. The average Bonchev–Trinajstić information content (AvgIpc) is 3.10. The van der Waals surface area contributed by atoms with E-state index in [1.54, 1.807) is 18.2 Å². The summed E-state index contributed by atoms with van der Waals surface area (Å²) >= 11 is 0. The zero-order chi connectivity index (χ0) is 17.1. The Hall–Kier alpha value is -2.56. The number of benzene rings is 1. The second kappa shape index (κ2) is 6.91. The number of carboxylic acid groups (broad SMARTS) is 1. The van der Waals surface area contributed by atoms with Crippen molar-refractivity contribution in [1.82, 2.24) is 9.88 Å². The molecule has 1 fully saturated rings. The topological polar surface area (TPSA) is 73.4 Å². The number of amides is 1. The Bertz CT molecular complexity index is 751. The van der Waals surface area contributed by atoms with Gasteiger partial charge in [-0.05, 0) is 49.1 Å². The summed E-state index contributed by atoms with van der Waals surface area (Å²) in [5.41, 5.74) is 2.98. The molecular weight excluding hydrogens is 304 g/mol. The number of piperidine rings is 1. The largest absolute Gasteiger partial charge is 0.478 e. The summed E-state index contributed by atoms with van der Waals surface area (Å²) in [6.45, 7) is 3.42. The van der Waals surface area contributed by atoms with Crippen LogP contribution in [0.2, 0.25) is 0 Å². The highest BCUT2D eigenvalue weighted by molar-refractivity contribution is 5.92. The molecule has 2 N–H and O–H groups in total. The lowest BCUT2D eigenvalue weighted by Crippen LogP contribution is -2.39. The first-order valence-corrected chi connectivity index (χ1v) is 8.39. The van der Waals surface area contributed by atoms with Crippen LogP contribution in [0.1, 0.15) is 57.8 Å². The lowest BCUT2D eigenvalue weighted by molar-refractivity contribution is 0.0686. The molecule has 1 atom stereocenters. The maximum atomic E-state index is 12.7. The van der Waals surface area contributed by atoms with Crippen molar-refractivity contribution in [2.24, 2.45) is 0 Å². The molecule has 24 heavy (non-hydrogen) atoms. The molecule has 1 amide bonds. The second-order valence-corrected chi connectivity index (χ2v) is 6.27. The van der Waals surface area contributed by atoms with E-state index < -0.39 is 5.97 Å². The van der Waals surface area contributed by atoms with E-state index in [1.807, 2.05) is 30.0 Å². The number of aromatic amines is 1. The lowest BCUT2D eigenvalue weighted by Gasteiger charge is -2.33. The van der Waals surface area contributed by atoms with Crippen LogP contribution in [0.5, 0.6) is 0 Å². The Labute approximate surface area is 141 Å². The number of nitrogens with one attached hydrogen (secondary N) is 1. The van der Waals surface area contributed by atoms with Gasteiger partial charge in [0.05, 0.1) is 5.56 Å². The van der Waals surface area contributed by atoms with Crippen LogP contribution in [0.25, 0.3) is 0 Å². The Morgan fingerprint density at radius 3 is 2.83 bits per heavy atom. The van der Waals surface area contributed by atoms with Gasteiger partial charge >= 0.3 is 5.97 Å². The van der Waals surface area contributed by atoms with Crippen LogP contribution in [0, 0.1) is 0 Å². The highest BCUT2D eigenvalue weighted by Gasteiger charge is 2.26. The Morgan fingerprint density at radius 2 is 2.12 bits per heavy atom. The molecule has 1 aliphatic rings. The van der Waals surface area contributed by atoms with Gasteiger partial charge in [0.2, 0.25) is 0 Å². The van der Waals surface area contributed by atoms with Gasteiger partial charge in [-0.1, -0.05) is 19.1 Å². The van der Waals surface area contributed by atoms with E-state index in [4.69, 9.17) is 5.11 Å². The molecule has 3 rings (SSSR count). The van der Waals surface area contributed by atoms with E-state index in [0.29, 0.717) is 17.8 Å². The molecule has 0 aliphatic carbocycles. The number of H-pyrrole nitrogens is 1. The van der Waals surface area contributed by atoms with Crippen molar-refractivity contribution in [3.05, 3.63) is 58.9 Å². The maximum Gasteiger partial charge on any atom is 0.335 e. The number of aryl methyl sites for hydroxylation is 1. The van der Waals surface area contributed by atoms with Crippen molar-refractivity contribution in [2.75, 3.05) is 13.1 Å². The summed E-state index contributed by atoms with van der Waals surface area (Å²) in [4.78, 5) is 28.9. The fraction of sp³-hybridized carbons (Fsp3) is 0.368. The zero-order valence-corrected chi connectivity index (χ0v) is 13.8. The monoisotopic (exact) mass is 326 g/mol. The molecule has 5 nitrogen and oxygen atoms in total. The molecule has 0 saturated carbocycles. The number of carbonyl (C=O) groups excluding carboxylic acids is 1. The number of nitrogens with zero attached hydrogens (tertiary/aromatic N) is 1. The number of carboxylic acids is 1. The summed E-state index contributed by atoms with van der Waals surface area (Å²) in [6.07, 6.45) is 2.77. The molecule has 1 aliphatic heterocycles. The number of likely N-dealkylation sites (tertiary alicyclic amines) is 1. The predicted octanol–water partition coefficient (Wildman–Crippen LogP) is 3.30. The van der Waals surface area contributed by atoms with Crippen LogP contribution in [-0.4, -0.2) is 40.0 Å². The van der Waals surface area contributed by atoms with Gasteiger partial charge in [-0.25, -0.2) is 4.79 Å². The summed E-state index contributed by atoms with van der Waals surface area (Å²) in [5, 5.41) is 9.15. The SMILES string of the molecule is CCc1ccc(C(=O)N2CCC[C@H](c3cccc(C(=O)O)c3)C2)[nH]1. The fourth-order valence-corrected chi connectivity index (χ4v) is 3.30. The Balaban J connectivity index is 1.75. The van der Waals surface area contributed by atoms with Crippen molar-refractivity contribution in [1.29, 1.82) is 0 Å². The molecule has 1 aromatic heterocycles. The molecule has 0 radical (unpaired) electrons. The van der Waals surface area contributed by atoms with Crippen molar-refractivity contribution in [3.63, 3.8) is 0 Å². The molecule has 126 valence electrons. The van der Waals surface area contributed by atoms with Gasteiger partial charge in [-0.15, -0.1) is 0 Å². The van der Waals surface area contributed by atoms with E-state index in [0.717, 1.165) is 37.1 Å². The van der Waals surface area contributed by atoms with Crippen molar-refractivity contribution in [3.8, 4) is 0 Å². The molecule has 0 unspecified atom stereocenters. The van der Waals surface area contributed by atoms with E-state index >= 15 is 0 Å². The van der Waals surface area contributed by atoms with Crippen molar-refractivity contribution in [2.45, 2.75) is 32.1 Å². The molecule has 1 aromatic carbocycles. The first-order chi connectivity index (χ1) is 11.6. The zero-order valence-electron chi connectivity index (χ0n) is 13.8. The van der Waals surface area contributed by atoms with Crippen LogP contribution in [0.4, 0.5) is 0 Å². The predicted molar refractivity (Wildman–Crippen MR) is 91.5 cm³/mol. The number of rotatable bonds is 4. The van der Waals surface area contributed by atoms with Crippen molar-refractivity contribution < 1.29 is 14.7 Å². The van der Waals surface area contributed by atoms with Gasteiger partial charge in [0, 0.05) is 24.7 Å². The van der Waals surface area contributed by atoms with Crippen LogP contribution in [0.3, 0.4) is 0 Å². The van der Waals surface area contributed by atoms with Crippen LogP contribution < -0.4 is 0 Å². The molecule has 2 heterocycles. The van der Waals surface area contributed by atoms with E-state index in [2.05, 4.69) is 4.98 Å². The van der Waals surface area contributed by atoms with Gasteiger partial charge in [0.25, 0.3) is 5.91 Å². The lowest BCUT2D eigenvalue weighted by atomic mass is 9.89. The minimum Gasteiger partial charge on any atom is -0.478 e. The van der Waals surface area contributed by atoms with Gasteiger partial charge < -0.3 is 15.0 Å². The molecule has 2 aromatic rings. The molecular formula is C19H22N2O3. The van der Waals surface area contributed by atoms with Crippen molar-refractivity contribution >= 4 is 11.9 Å². The standard InChI is InChI=1S/C19H22N2O3/c1-2-16-8-9-17(20-16)18(22)21-10-4-7-15(12-21)13-5-3-6-14(11-13)19(23)24/h3,5-6,8-9,11,15,20H,2,4,7,10,12H2,1H3,(H,23,24)/t15-/m0/s1. The van der Waals surface area contributed by atoms with Crippen LogP contribution in [-0.2, 0) is 6.42 Å². The molecule has 0 bridgehead atoms. The van der Waals surface area contributed by atoms with Gasteiger partial charge in [-0.2, -0.15) is 0 Å². The third-order valence-electron chi connectivity index (χ3n) is 4.67. The Morgan fingerprint density at radius 1 is 1.29 bits per heavy atom. The van der Waals surface area contributed by atoms with Crippen LogP contribution in [0.15, 0.2) is 36.4 Å². The third kappa shape index (κ3) is 3.35. The highest BCUT2D eigenvalue weighted by Crippen LogP contribution is 2.28. The first-order valence-electron chi connectivity index (χ1n) is 8.39. The second-order valence-electron chi connectivity index (χ2n) is 6.27. The summed E-state index contributed by atoms with van der Waals surface area (Å²) in [5.74, 6) is -0.713. The third-order valence-corrected chi connectivity index (χ3v) is 4.67. The number of hydrogen-bond acceptors (Lipinski definition) is 2. The number of carbonyl (C=O) groups is 2. The van der Waals surface area contributed by atoms with E-state index in [9.17, 15) is 9.59 Å². The number of hydrogen-bond donors (Lipinski definition) is 2. The summed E-state index contributed by atoms with van der Waals surface area (Å²) in [6, 6.07) is 10.8. The first kappa shape index (κ1) is 16.3. The quantitative estimate of drug-likeness (QED) is 0.905. The molecule has 5 heteroatoms. The van der Waals surface area contributed by atoms with Crippen LogP contribution >= 0.6 is 0 Å². The highest BCUT2D eigenvalue weighted by atomic mass is 16.4. The van der Waals surface area contributed by atoms with Gasteiger partial charge in [0.15, 0.2) is 0 Å². The van der Waals surface area contributed by atoms with E-state index in [-0.39, 0.29) is 11.8 Å². The smallest absolute Gasteiger partial charge is 0.335 e. The molecule has 0 spiro atoms. The maximum absolute atomic E-state index is 12.7. The summed E-state index contributed by atoms with van der Waals surface area (Å²) in [7, 11) is 0.